The van der Waals surface area contributed by atoms with Crippen LogP contribution in [0.1, 0.15) is 43.4 Å². The highest BCUT2D eigenvalue weighted by Gasteiger charge is 2.22. The number of fused-ring (bicyclic) bond motifs is 1. The summed E-state index contributed by atoms with van der Waals surface area (Å²) in [6, 6.07) is 10.5. The first-order chi connectivity index (χ1) is 15.2. The second-order valence-electron chi connectivity index (χ2n) is 8.71. The molecule has 170 valence electrons. The molecule has 0 bridgehead atoms. The molecular formula is C24H30N4O3S. The van der Waals surface area contributed by atoms with Crippen LogP contribution in [-0.2, 0) is 16.9 Å². The summed E-state index contributed by atoms with van der Waals surface area (Å²) in [4.78, 5) is 20.7. The Bertz CT molecular complexity index is 1330. The number of nitrogens with one attached hydrogen (secondary N) is 1. The quantitative estimate of drug-likeness (QED) is 0.631. The van der Waals surface area contributed by atoms with Crippen molar-refractivity contribution in [3.05, 3.63) is 57.9 Å². The van der Waals surface area contributed by atoms with Gasteiger partial charge in [-0.1, -0.05) is 18.2 Å². The molecule has 1 aliphatic heterocycles. The lowest BCUT2D eigenvalue weighted by atomic mass is 10.0. The Kier molecular flexibility index (Phi) is 5.99. The molecule has 3 aromatic rings. The summed E-state index contributed by atoms with van der Waals surface area (Å²) in [5, 5.41) is 3.92. The highest BCUT2D eigenvalue weighted by Crippen LogP contribution is 2.30. The van der Waals surface area contributed by atoms with Crippen molar-refractivity contribution in [1.82, 2.24) is 9.55 Å². The summed E-state index contributed by atoms with van der Waals surface area (Å²) in [5.74, 6) is 0.691. The van der Waals surface area contributed by atoms with Gasteiger partial charge >= 0.3 is 0 Å². The Morgan fingerprint density at radius 2 is 1.78 bits per heavy atom. The number of hydrogen-bond acceptors (Lipinski definition) is 6. The lowest BCUT2D eigenvalue weighted by Gasteiger charge is -2.29. The summed E-state index contributed by atoms with van der Waals surface area (Å²) < 4.78 is 26.1. The third-order valence-electron chi connectivity index (χ3n) is 6.09. The molecule has 1 atom stereocenters. The van der Waals surface area contributed by atoms with E-state index in [1.54, 1.807) is 35.9 Å². The number of aryl methyl sites for hydroxylation is 1. The molecule has 0 aliphatic carbocycles. The molecule has 0 spiro atoms. The van der Waals surface area contributed by atoms with Crippen LogP contribution in [0.3, 0.4) is 0 Å². The van der Waals surface area contributed by atoms with Crippen molar-refractivity contribution in [2.24, 2.45) is 7.05 Å². The Balaban J connectivity index is 1.84. The Hall–Kier alpha value is -2.87. The maximum Gasteiger partial charge on any atom is 0.262 e. The van der Waals surface area contributed by atoms with Crippen LogP contribution in [-0.4, -0.2) is 37.3 Å². The highest BCUT2D eigenvalue weighted by molar-refractivity contribution is 7.90. The van der Waals surface area contributed by atoms with Gasteiger partial charge in [0.2, 0.25) is 5.95 Å². The Morgan fingerprint density at radius 3 is 2.47 bits per heavy atom. The zero-order chi connectivity index (χ0) is 23.0. The largest absolute Gasteiger partial charge is 0.377 e. The summed E-state index contributed by atoms with van der Waals surface area (Å²) >= 11 is 0. The van der Waals surface area contributed by atoms with Crippen LogP contribution in [0.5, 0.6) is 0 Å². The van der Waals surface area contributed by atoms with E-state index in [0.717, 1.165) is 37.1 Å². The molecule has 0 radical (unpaired) electrons. The molecule has 1 aliphatic rings. The molecule has 1 N–H and O–H groups in total. The molecular weight excluding hydrogens is 424 g/mol. The molecule has 0 saturated carbocycles. The number of aromatic nitrogens is 2. The number of anilines is 2. The smallest absolute Gasteiger partial charge is 0.262 e. The van der Waals surface area contributed by atoms with E-state index in [-0.39, 0.29) is 16.5 Å². The fourth-order valence-corrected chi connectivity index (χ4v) is 5.32. The average molecular weight is 455 g/mol. The molecule has 1 fully saturated rings. The predicted molar refractivity (Wildman–Crippen MR) is 129 cm³/mol. The predicted octanol–water partition coefficient (Wildman–Crippen LogP) is 3.81. The van der Waals surface area contributed by atoms with Crippen molar-refractivity contribution in [3.63, 3.8) is 0 Å². The van der Waals surface area contributed by atoms with Crippen LogP contribution >= 0.6 is 0 Å². The summed E-state index contributed by atoms with van der Waals surface area (Å²) in [6.07, 6.45) is 4.59. The fourth-order valence-electron chi connectivity index (χ4n) is 4.47. The van der Waals surface area contributed by atoms with E-state index in [4.69, 9.17) is 4.98 Å². The number of rotatable bonds is 5. The third kappa shape index (κ3) is 4.24. The van der Waals surface area contributed by atoms with Gasteiger partial charge < -0.3 is 10.2 Å². The molecule has 1 saturated heterocycles. The summed E-state index contributed by atoms with van der Waals surface area (Å²) in [5.41, 5.74) is 2.97. The normalized spacial score (nSPS) is 15.7. The first-order valence-electron chi connectivity index (χ1n) is 11.0. The van der Waals surface area contributed by atoms with Crippen molar-refractivity contribution in [3.8, 4) is 0 Å². The van der Waals surface area contributed by atoms with E-state index in [0.29, 0.717) is 22.5 Å². The van der Waals surface area contributed by atoms with Crippen molar-refractivity contribution in [2.45, 2.75) is 44.0 Å². The van der Waals surface area contributed by atoms with Gasteiger partial charge in [-0.2, -0.15) is 0 Å². The van der Waals surface area contributed by atoms with E-state index in [2.05, 4.69) is 10.2 Å². The second-order valence-corrected chi connectivity index (χ2v) is 10.7. The van der Waals surface area contributed by atoms with Gasteiger partial charge in [0.1, 0.15) is 0 Å². The number of para-hydroxylation sites is 1. The molecule has 0 amide bonds. The lowest BCUT2D eigenvalue weighted by molar-refractivity contribution is 0.558. The van der Waals surface area contributed by atoms with E-state index in [1.807, 2.05) is 26.0 Å². The number of piperidine rings is 1. The van der Waals surface area contributed by atoms with Crippen LogP contribution < -0.4 is 15.8 Å². The van der Waals surface area contributed by atoms with Gasteiger partial charge in [0.05, 0.1) is 27.5 Å². The van der Waals surface area contributed by atoms with Crippen LogP contribution in [0.15, 0.2) is 46.1 Å². The van der Waals surface area contributed by atoms with Gasteiger partial charge in [0.15, 0.2) is 9.84 Å². The SMILES string of the molecule is Cc1cc(C(C)Nc2ccccc2S(C)(=O)=O)c2nc(N3CCCCC3)n(C)c(=O)c2c1. The minimum Gasteiger partial charge on any atom is -0.377 e. The van der Waals surface area contributed by atoms with Gasteiger partial charge in [-0.15, -0.1) is 0 Å². The van der Waals surface area contributed by atoms with Crippen molar-refractivity contribution in [2.75, 3.05) is 29.6 Å². The van der Waals surface area contributed by atoms with Crippen molar-refractivity contribution < 1.29 is 8.42 Å². The Morgan fingerprint density at radius 1 is 1.09 bits per heavy atom. The lowest BCUT2D eigenvalue weighted by Crippen LogP contribution is -2.35. The number of hydrogen-bond donors (Lipinski definition) is 1. The Labute approximate surface area is 189 Å². The molecule has 1 aromatic heterocycles. The second kappa shape index (κ2) is 8.58. The van der Waals surface area contributed by atoms with Gasteiger partial charge in [-0.25, -0.2) is 13.4 Å². The monoisotopic (exact) mass is 454 g/mol. The van der Waals surface area contributed by atoms with Crippen LogP contribution in [0, 0.1) is 6.92 Å². The van der Waals surface area contributed by atoms with Gasteiger partial charge in [-0.05, 0) is 56.9 Å². The topological polar surface area (TPSA) is 84.3 Å². The van der Waals surface area contributed by atoms with Crippen LogP contribution in [0.4, 0.5) is 11.6 Å². The number of nitrogens with zero attached hydrogens (tertiary/aromatic N) is 3. The van der Waals surface area contributed by atoms with Gasteiger partial charge in [-0.3, -0.25) is 9.36 Å². The maximum absolute atomic E-state index is 13.3. The minimum absolute atomic E-state index is 0.0655. The number of benzene rings is 2. The zero-order valence-corrected chi connectivity index (χ0v) is 19.9. The van der Waals surface area contributed by atoms with Gasteiger partial charge in [0, 0.05) is 32.0 Å². The highest BCUT2D eigenvalue weighted by atomic mass is 32.2. The van der Waals surface area contributed by atoms with Crippen LogP contribution in [0.2, 0.25) is 0 Å². The van der Waals surface area contributed by atoms with E-state index in [9.17, 15) is 13.2 Å². The van der Waals surface area contributed by atoms with Crippen molar-refractivity contribution >= 4 is 32.4 Å². The van der Waals surface area contributed by atoms with E-state index < -0.39 is 9.84 Å². The molecule has 8 heteroatoms. The van der Waals surface area contributed by atoms with E-state index >= 15 is 0 Å². The first-order valence-corrected chi connectivity index (χ1v) is 12.9. The van der Waals surface area contributed by atoms with E-state index in [1.165, 1.54) is 12.7 Å². The fraction of sp³-hybridized carbons (Fsp3) is 0.417. The average Bonchev–Trinajstić information content (AvgIpc) is 2.76. The third-order valence-corrected chi connectivity index (χ3v) is 7.25. The minimum atomic E-state index is -3.38. The summed E-state index contributed by atoms with van der Waals surface area (Å²) in [7, 11) is -1.60. The molecule has 7 nitrogen and oxygen atoms in total. The molecule has 1 unspecified atom stereocenters. The standard InChI is InChI=1S/C24H30N4O3S/c1-16-14-18(17(2)25-20-10-6-7-11-21(20)32(4,30)31)22-19(15-16)23(29)27(3)24(26-22)28-12-8-5-9-13-28/h6-7,10-11,14-15,17,25H,5,8-9,12-13H2,1-4H3. The van der Waals surface area contributed by atoms with Gasteiger partial charge in [0.25, 0.3) is 5.56 Å². The molecule has 2 aromatic carbocycles. The molecule has 2 heterocycles. The molecule has 32 heavy (non-hydrogen) atoms. The first kappa shape index (κ1) is 22.3. The molecule has 4 rings (SSSR count). The number of sulfone groups is 1. The summed E-state index contributed by atoms with van der Waals surface area (Å²) in [6.45, 7) is 5.70. The van der Waals surface area contributed by atoms with Crippen molar-refractivity contribution in [1.29, 1.82) is 0 Å². The zero-order valence-electron chi connectivity index (χ0n) is 19.1. The maximum atomic E-state index is 13.3. The van der Waals surface area contributed by atoms with Crippen LogP contribution in [0.25, 0.3) is 10.9 Å².